The van der Waals surface area contributed by atoms with Gasteiger partial charge in [0.05, 0.1) is 20.3 Å². The Morgan fingerprint density at radius 2 is 1.78 bits per heavy atom. The van der Waals surface area contributed by atoms with Gasteiger partial charge < -0.3 is 20.1 Å². The molecule has 132 valence electrons. The minimum absolute atomic E-state index is 0. The van der Waals surface area contributed by atoms with Gasteiger partial charge in [0.2, 0.25) is 5.91 Å². The number of benzene rings is 1. The normalized spacial score (nSPS) is 12.8. The fourth-order valence-electron chi connectivity index (χ4n) is 2.28. The quantitative estimate of drug-likeness (QED) is 0.826. The van der Waals surface area contributed by atoms with Crippen molar-refractivity contribution in [3.63, 3.8) is 0 Å². The van der Waals surface area contributed by atoms with Crippen LogP contribution in [0.5, 0.6) is 11.5 Å². The Hall–Kier alpha value is -1.46. The Morgan fingerprint density at radius 1 is 1.26 bits per heavy atom. The van der Waals surface area contributed by atoms with E-state index in [2.05, 4.69) is 0 Å². The van der Waals surface area contributed by atoms with Gasteiger partial charge in [-0.2, -0.15) is 0 Å². The molecule has 5 nitrogen and oxygen atoms in total. The maximum Gasteiger partial charge on any atom is 0.239 e. The second-order valence-electron chi connectivity index (χ2n) is 5.74. The topological polar surface area (TPSA) is 64.8 Å². The highest BCUT2D eigenvalue weighted by Gasteiger charge is 2.23. The minimum atomic E-state index is -0.463. The Balaban J connectivity index is 0.00000484. The van der Waals surface area contributed by atoms with E-state index in [-0.39, 0.29) is 24.2 Å². The van der Waals surface area contributed by atoms with E-state index in [1.54, 1.807) is 26.2 Å². The molecule has 2 unspecified atom stereocenters. The number of ether oxygens (including phenoxy) is 2. The first kappa shape index (κ1) is 21.5. The molecule has 0 saturated carbocycles. The van der Waals surface area contributed by atoms with Crippen LogP contribution in [0.1, 0.15) is 31.4 Å². The predicted octanol–water partition coefficient (Wildman–Crippen LogP) is 2.77. The van der Waals surface area contributed by atoms with E-state index in [9.17, 15) is 4.79 Å². The van der Waals surface area contributed by atoms with Gasteiger partial charge in [-0.25, -0.2) is 0 Å². The number of hydrogen-bond acceptors (Lipinski definition) is 4. The molecule has 0 spiro atoms. The van der Waals surface area contributed by atoms with Crippen LogP contribution >= 0.6 is 12.4 Å². The molecule has 0 aliphatic heterocycles. The highest BCUT2D eigenvalue weighted by Crippen LogP contribution is 2.30. The van der Waals surface area contributed by atoms with Crippen molar-refractivity contribution in [1.82, 2.24) is 4.90 Å². The third-order valence-electron chi connectivity index (χ3n) is 4.17. The number of hydrogen-bond donors (Lipinski definition) is 1. The van der Waals surface area contributed by atoms with Gasteiger partial charge in [0.1, 0.15) is 0 Å². The van der Waals surface area contributed by atoms with Crippen molar-refractivity contribution in [2.24, 2.45) is 11.7 Å². The maximum absolute atomic E-state index is 12.4. The fourth-order valence-corrected chi connectivity index (χ4v) is 2.28. The van der Waals surface area contributed by atoms with Crippen LogP contribution < -0.4 is 15.2 Å². The predicted molar refractivity (Wildman–Crippen MR) is 95.4 cm³/mol. The summed E-state index contributed by atoms with van der Waals surface area (Å²) in [6.45, 7) is 6.52. The second-order valence-corrected chi connectivity index (χ2v) is 5.74. The molecule has 0 aliphatic rings. The molecule has 2 N–H and O–H groups in total. The second kappa shape index (κ2) is 9.63. The van der Waals surface area contributed by atoms with Crippen LogP contribution in [0, 0.1) is 12.8 Å². The van der Waals surface area contributed by atoms with Gasteiger partial charge in [-0.3, -0.25) is 4.79 Å². The van der Waals surface area contributed by atoms with E-state index in [1.807, 2.05) is 32.9 Å². The molecular weight excluding hydrogens is 316 g/mol. The summed E-state index contributed by atoms with van der Waals surface area (Å²) >= 11 is 0. The molecule has 0 aliphatic carbocycles. The molecule has 0 fully saturated rings. The van der Waals surface area contributed by atoms with Crippen LogP contribution in [0.4, 0.5) is 0 Å². The molecule has 0 aromatic heterocycles. The molecule has 1 amide bonds. The Morgan fingerprint density at radius 3 is 2.26 bits per heavy atom. The van der Waals surface area contributed by atoms with E-state index in [4.69, 9.17) is 15.2 Å². The Bertz CT molecular complexity index is 523. The third kappa shape index (κ3) is 5.29. The molecule has 0 radical (unpaired) electrons. The zero-order valence-corrected chi connectivity index (χ0v) is 15.7. The van der Waals surface area contributed by atoms with Crippen LogP contribution in [-0.4, -0.2) is 38.1 Å². The average Bonchev–Trinajstić information content (AvgIpc) is 2.53. The zero-order valence-electron chi connectivity index (χ0n) is 14.9. The number of carbonyl (C=O) groups excluding carboxylic acids is 1. The molecule has 6 heteroatoms. The van der Waals surface area contributed by atoms with Gasteiger partial charge in [-0.05, 0) is 36.1 Å². The van der Waals surface area contributed by atoms with Crippen molar-refractivity contribution >= 4 is 18.3 Å². The van der Waals surface area contributed by atoms with E-state index < -0.39 is 6.04 Å². The molecule has 1 aromatic rings. The molecule has 0 saturated heterocycles. The van der Waals surface area contributed by atoms with Crippen molar-refractivity contribution in [3.8, 4) is 11.5 Å². The molecule has 0 heterocycles. The number of likely N-dealkylation sites (N-methyl/N-ethyl adjacent to an activating group) is 1. The highest BCUT2D eigenvalue weighted by atomic mass is 35.5. The number of carbonyl (C=O) groups is 1. The largest absolute Gasteiger partial charge is 0.493 e. The summed E-state index contributed by atoms with van der Waals surface area (Å²) in [5.41, 5.74) is 8.10. The van der Waals surface area contributed by atoms with Crippen LogP contribution in [0.3, 0.4) is 0 Å². The third-order valence-corrected chi connectivity index (χ3v) is 4.17. The number of rotatable bonds is 7. The number of amides is 1. The first-order chi connectivity index (χ1) is 10.3. The van der Waals surface area contributed by atoms with Gasteiger partial charge in [0, 0.05) is 13.6 Å². The maximum atomic E-state index is 12.4. The SMILES string of the molecule is CCC(C)C(N)C(=O)N(C)Cc1cc(OC)c(OC)cc1C.Cl. The number of halogens is 1. The number of nitrogens with zero attached hydrogens (tertiary/aromatic N) is 1. The van der Waals surface area contributed by atoms with Gasteiger partial charge in [0.15, 0.2) is 11.5 Å². The number of aryl methyl sites for hydroxylation is 1. The van der Waals surface area contributed by atoms with Crippen LogP contribution in [0.25, 0.3) is 0 Å². The fraction of sp³-hybridized carbons (Fsp3) is 0.588. The smallest absolute Gasteiger partial charge is 0.239 e. The lowest BCUT2D eigenvalue weighted by Crippen LogP contribution is -2.45. The first-order valence-electron chi connectivity index (χ1n) is 7.57. The lowest BCUT2D eigenvalue weighted by atomic mass is 9.98. The monoisotopic (exact) mass is 344 g/mol. The van der Waals surface area contributed by atoms with E-state index in [1.165, 1.54) is 0 Å². The number of nitrogens with two attached hydrogens (primary N) is 1. The summed E-state index contributed by atoms with van der Waals surface area (Å²) in [4.78, 5) is 14.1. The zero-order chi connectivity index (χ0) is 16.9. The van der Waals surface area contributed by atoms with E-state index in [0.717, 1.165) is 17.5 Å². The minimum Gasteiger partial charge on any atom is -0.493 e. The van der Waals surface area contributed by atoms with Crippen molar-refractivity contribution in [3.05, 3.63) is 23.3 Å². The van der Waals surface area contributed by atoms with Gasteiger partial charge in [-0.1, -0.05) is 20.3 Å². The molecule has 1 rings (SSSR count). The molecule has 2 atom stereocenters. The van der Waals surface area contributed by atoms with Crippen molar-refractivity contribution < 1.29 is 14.3 Å². The first-order valence-corrected chi connectivity index (χ1v) is 7.57. The van der Waals surface area contributed by atoms with Crippen LogP contribution in [0.2, 0.25) is 0 Å². The van der Waals surface area contributed by atoms with Gasteiger partial charge in [0.25, 0.3) is 0 Å². The summed E-state index contributed by atoms with van der Waals surface area (Å²) in [5.74, 6) is 1.48. The standard InChI is InChI=1S/C17H28N2O3.ClH/c1-7-11(2)16(18)17(20)19(4)10-13-9-15(22-6)14(21-5)8-12(13)3;/h8-9,11,16H,7,10,18H2,1-6H3;1H. The summed E-state index contributed by atoms with van der Waals surface area (Å²) in [5, 5.41) is 0. The average molecular weight is 345 g/mol. The van der Waals surface area contributed by atoms with E-state index >= 15 is 0 Å². The summed E-state index contributed by atoms with van der Waals surface area (Å²) < 4.78 is 10.6. The van der Waals surface area contributed by atoms with Crippen molar-refractivity contribution in [2.45, 2.75) is 39.8 Å². The lowest BCUT2D eigenvalue weighted by molar-refractivity contribution is -0.132. The summed E-state index contributed by atoms with van der Waals surface area (Å²) in [7, 11) is 4.99. The van der Waals surface area contributed by atoms with Crippen LogP contribution in [-0.2, 0) is 11.3 Å². The molecule has 23 heavy (non-hydrogen) atoms. The van der Waals surface area contributed by atoms with Gasteiger partial charge in [-0.15, -0.1) is 12.4 Å². The molecular formula is C17H29ClN2O3. The van der Waals surface area contributed by atoms with E-state index in [0.29, 0.717) is 18.0 Å². The van der Waals surface area contributed by atoms with Crippen molar-refractivity contribution in [2.75, 3.05) is 21.3 Å². The summed E-state index contributed by atoms with van der Waals surface area (Å²) in [6, 6.07) is 3.36. The number of methoxy groups -OCH3 is 2. The Labute approximate surface area is 145 Å². The van der Waals surface area contributed by atoms with Crippen LogP contribution in [0.15, 0.2) is 12.1 Å². The summed E-state index contributed by atoms with van der Waals surface area (Å²) in [6.07, 6.45) is 0.885. The Kier molecular flexibility index (Phi) is 9.02. The van der Waals surface area contributed by atoms with Crippen molar-refractivity contribution in [1.29, 1.82) is 0 Å². The molecule has 1 aromatic carbocycles. The highest BCUT2D eigenvalue weighted by molar-refractivity contribution is 5.85. The molecule has 0 bridgehead atoms. The van der Waals surface area contributed by atoms with Gasteiger partial charge >= 0.3 is 0 Å². The lowest BCUT2D eigenvalue weighted by Gasteiger charge is -2.25.